The lowest BCUT2D eigenvalue weighted by Crippen LogP contribution is -2.43. The Labute approximate surface area is 232 Å². The van der Waals surface area contributed by atoms with E-state index in [1.54, 1.807) is 12.3 Å². The summed E-state index contributed by atoms with van der Waals surface area (Å²) in [5.41, 5.74) is 4.62. The number of aliphatic hydroxyl groups excluding tert-OH is 1. The second-order valence-electron chi connectivity index (χ2n) is 10.8. The molecule has 0 saturated carbocycles. The first-order valence-corrected chi connectivity index (χ1v) is 13.7. The number of hydrogen-bond acceptors (Lipinski definition) is 7. The molecule has 1 atom stereocenters. The van der Waals surface area contributed by atoms with Crippen LogP contribution in [0.3, 0.4) is 0 Å². The number of likely N-dealkylation sites (tertiary alicyclic amines) is 1. The molecule has 0 bridgehead atoms. The van der Waals surface area contributed by atoms with Crippen LogP contribution in [0, 0.1) is 6.92 Å². The van der Waals surface area contributed by atoms with Crippen LogP contribution < -0.4 is 15.6 Å². The fraction of sp³-hybridized carbons (Fsp3) is 0.367. The van der Waals surface area contributed by atoms with Crippen LogP contribution in [0.4, 0.5) is 5.69 Å². The number of rotatable bonds is 8. The number of aromatic amines is 2. The van der Waals surface area contributed by atoms with Crippen molar-refractivity contribution in [2.45, 2.75) is 38.5 Å². The summed E-state index contributed by atoms with van der Waals surface area (Å²) in [4.78, 5) is 41.2. The maximum absolute atomic E-state index is 13.3. The predicted molar refractivity (Wildman–Crippen MR) is 154 cm³/mol. The number of anilines is 1. The number of nitrogens with zero attached hydrogens (tertiary/aromatic N) is 3. The molecule has 0 unspecified atom stereocenters. The van der Waals surface area contributed by atoms with Gasteiger partial charge in [0, 0.05) is 30.9 Å². The van der Waals surface area contributed by atoms with Crippen LogP contribution in [0.15, 0.2) is 53.5 Å². The van der Waals surface area contributed by atoms with Crippen LogP contribution in [-0.2, 0) is 6.54 Å². The fourth-order valence-electron chi connectivity index (χ4n) is 5.61. The smallest absolute Gasteiger partial charge is 0.261 e. The molecule has 4 aromatic rings. The average molecular weight is 543 g/mol. The lowest BCUT2D eigenvalue weighted by Gasteiger charge is -2.34. The minimum absolute atomic E-state index is 0.0535. The summed E-state index contributed by atoms with van der Waals surface area (Å²) in [5, 5.41) is 13.7. The van der Waals surface area contributed by atoms with Crippen molar-refractivity contribution >= 4 is 22.6 Å². The molecule has 10 nitrogen and oxygen atoms in total. The van der Waals surface area contributed by atoms with E-state index in [0.29, 0.717) is 34.7 Å². The normalized spacial score (nSPS) is 16.9. The summed E-state index contributed by atoms with van der Waals surface area (Å²) in [7, 11) is 2.12. The van der Waals surface area contributed by atoms with Gasteiger partial charge in [0.15, 0.2) is 0 Å². The number of para-hydroxylation sites is 1. The number of aliphatic hydroxyl groups is 1. The van der Waals surface area contributed by atoms with Crippen LogP contribution in [0.25, 0.3) is 22.4 Å². The number of piperidine rings is 1. The van der Waals surface area contributed by atoms with Gasteiger partial charge in [-0.3, -0.25) is 9.59 Å². The van der Waals surface area contributed by atoms with E-state index in [2.05, 4.69) is 27.2 Å². The highest BCUT2D eigenvalue weighted by atomic mass is 16.5. The highest BCUT2D eigenvalue weighted by molar-refractivity contribution is 6.02. The molecule has 0 radical (unpaired) electrons. The van der Waals surface area contributed by atoms with Crippen molar-refractivity contribution in [2.24, 2.45) is 0 Å². The Balaban J connectivity index is 1.19. The number of aromatic nitrogens is 3. The second kappa shape index (κ2) is 10.8. The number of nitrogens with one attached hydrogen (secondary N) is 3. The number of fused-ring (bicyclic) bond motifs is 2. The Bertz CT molecular complexity index is 1600. The van der Waals surface area contributed by atoms with Gasteiger partial charge >= 0.3 is 0 Å². The zero-order valence-corrected chi connectivity index (χ0v) is 22.7. The molecule has 6 rings (SSSR count). The van der Waals surface area contributed by atoms with E-state index in [-0.39, 0.29) is 30.7 Å². The molecule has 4 N–H and O–H groups in total. The SMILES string of the molecule is Cc1ccccc1OC[C@H](O)CNc1cc[nH]c(=O)c1-c1nc2cc3c(cc2[nH]1)CN(C1CCN(C)CC1)C3=O. The van der Waals surface area contributed by atoms with Gasteiger partial charge in [0.1, 0.15) is 29.8 Å². The van der Waals surface area contributed by atoms with Crippen molar-refractivity contribution in [3.63, 3.8) is 0 Å². The van der Waals surface area contributed by atoms with Gasteiger partial charge in [0.2, 0.25) is 0 Å². The van der Waals surface area contributed by atoms with Crippen LogP contribution in [0.1, 0.15) is 34.3 Å². The summed E-state index contributed by atoms with van der Waals surface area (Å²) in [6, 6.07) is 13.4. The first-order chi connectivity index (χ1) is 19.4. The van der Waals surface area contributed by atoms with E-state index in [4.69, 9.17) is 9.72 Å². The maximum atomic E-state index is 13.3. The molecule has 1 saturated heterocycles. The van der Waals surface area contributed by atoms with Gasteiger partial charge in [-0.1, -0.05) is 18.2 Å². The Morgan fingerprint density at radius 1 is 1.18 bits per heavy atom. The second-order valence-corrected chi connectivity index (χ2v) is 10.8. The molecule has 1 fully saturated rings. The summed E-state index contributed by atoms with van der Waals surface area (Å²) in [6.45, 7) is 4.82. The number of imidazole rings is 1. The summed E-state index contributed by atoms with van der Waals surface area (Å²) in [6.07, 6.45) is 2.72. The summed E-state index contributed by atoms with van der Waals surface area (Å²) < 4.78 is 5.75. The van der Waals surface area contributed by atoms with E-state index < -0.39 is 6.10 Å². The molecular formula is C30H34N6O4. The van der Waals surface area contributed by atoms with E-state index in [1.807, 2.05) is 48.2 Å². The zero-order chi connectivity index (χ0) is 27.8. The molecule has 2 aliphatic heterocycles. The van der Waals surface area contributed by atoms with Gasteiger partial charge in [-0.05, 0) is 75.3 Å². The number of H-pyrrole nitrogens is 2. The Hall–Kier alpha value is -4.15. The van der Waals surface area contributed by atoms with Crippen molar-refractivity contribution in [3.8, 4) is 17.1 Å². The minimum Gasteiger partial charge on any atom is -0.491 e. The van der Waals surface area contributed by atoms with Gasteiger partial charge in [0.25, 0.3) is 11.5 Å². The molecule has 4 heterocycles. The molecule has 2 aromatic heterocycles. The lowest BCUT2D eigenvalue weighted by molar-refractivity contribution is 0.0617. The van der Waals surface area contributed by atoms with E-state index in [0.717, 1.165) is 48.3 Å². The predicted octanol–water partition coefficient (Wildman–Crippen LogP) is 3.13. The minimum atomic E-state index is -0.802. The van der Waals surface area contributed by atoms with Crippen molar-refractivity contribution in [3.05, 3.63) is 75.7 Å². The van der Waals surface area contributed by atoms with Crippen LogP contribution in [0.2, 0.25) is 0 Å². The van der Waals surface area contributed by atoms with Crippen molar-refractivity contribution in [1.82, 2.24) is 24.8 Å². The van der Waals surface area contributed by atoms with Gasteiger partial charge in [0.05, 0.1) is 16.7 Å². The number of carbonyl (C=O) groups excluding carboxylic acids is 1. The average Bonchev–Trinajstić information content (AvgIpc) is 3.50. The fourth-order valence-corrected chi connectivity index (χ4v) is 5.61. The molecule has 2 aliphatic rings. The summed E-state index contributed by atoms with van der Waals surface area (Å²) >= 11 is 0. The number of amides is 1. The third-order valence-electron chi connectivity index (χ3n) is 7.92. The van der Waals surface area contributed by atoms with E-state index >= 15 is 0 Å². The van der Waals surface area contributed by atoms with Crippen LogP contribution in [0.5, 0.6) is 5.75 Å². The lowest BCUT2D eigenvalue weighted by atomic mass is 10.0. The highest BCUT2D eigenvalue weighted by Crippen LogP contribution is 2.32. The van der Waals surface area contributed by atoms with Gasteiger partial charge in [-0.25, -0.2) is 4.98 Å². The molecule has 0 spiro atoms. The molecule has 10 heteroatoms. The van der Waals surface area contributed by atoms with Crippen LogP contribution in [-0.4, -0.2) is 81.2 Å². The van der Waals surface area contributed by atoms with Crippen molar-refractivity contribution in [2.75, 3.05) is 38.6 Å². The number of hydrogen-bond donors (Lipinski definition) is 4. The third-order valence-corrected chi connectivity index (χ3v) is 7.92. The van der Waals surface area contributed by atoms with Crippen molar-refractivity contribution in [1.29, 1.82) is 0 Å². The summed E-state index contributed by atoms with van der Waals surface area (Å²) in [5.74, 6) is 1.17. The Kier molecular flexibility index (Phi) is 7.03. The molecule has 208 valence electrons. The quantitative estimate of drug-likeness (QED) is 0.270. The molecule has 1 amide bonds. The van der Waals surface area contributed by atoms with E-state index in [9.17, 15) is 14.7 Å². The largest absolute Gasteiger partial charge is 0.491 e. The highest BCUT2D eigenvalue weighted by Gasteiger charge is 2.34. The number of benzene rings is 2. The topological polar surface area (TPSA) is 127 Å². The van der Waals surface area contributed by atoms with Gasteiger partial charge in [-0.15, -0.1) is 0 Å². The van der Waals surface area contributed by atoms with E-state index in [1.165, 1.54) is 0 Å². The Morgan fingerprint density at radius 3 is 2.77 bits per heavy atom. The molecular weight excluding hydrogens is 508 g/mol. The molecule has 0 aliphatic carbocycles. The molecule has 40 heavy (non-hydrogen) atoms. The number of aryl methyl sites for hydroxylation is 1. The first-order valence-electron chi connectivity index (χ1n) is 13.7. The number of ether oxygens (including phenoxy) is 1. The third kappa shape index (κ3) is 5.07. The Morgan fingerprint density at radius 2 is 1.98 bits per heavy atom. The zero-order valence-electron chi connectivity index (χ0n) is 22.7. The monoisotopic (exact) mass is 542 g/mol. The van der Waals surface area contributed by atoms with Gasteiger partial charge < -0.3 is 34.9 Å². The number of carbonyl (C=O) groups is 1. The number of pyridine rings is 1. The van der Waals surface area contributed by atoms with Crippen LogP contribution >= 0.6 is 0 Å². The van der Waals surface area contributed by atoms with Gasteiger partial charge in [-0.2, -0.15) is 0 Å². The standard InChI is InChI=1S/C30H34N6O4/c1-18-5-3-4-6-26(18)40-17-21(37)15-32-23-7-10-31-29(38)27(23)28-33-24-13-19-16-36(20-8-11-35(2)12-9-20)30(39)22(19)14-25(24)34-28/h3-7,10,13-14,20-21,37H,8-9,11-12,15-17H2,1-2H3,(H,33,34)(H2,31,32,38)/t21-/m1/s1. The van der Waals surface area contributed by atoms with Crippen molar-refractivity contribution < 1.29 is 14.6 Å². The maximum Gasteiger partial charge on any atom is 0.261 e. The first kappa shape index (κ1) is 26.1. The molecule has 2 aromatic carbocycles.